The third-order valence-electron chi connectivity index (χ3n) is 2.50. The van der Waals surface area contributed by atoms with E-state index in [4.69, 9.17) is 15.3 Å². The van der Waals surface area contributed by atoms with Gasteiger partial charge in [0.05, 0.1) is 0 Å². The van der Waals surface area contributed by atoms with Crippen LogP contribution < -0.4 is 5.32 Å². The number of likely N-dealkylation sites (N-methyl/N-ethyl adjacent to an activating group) is 1. The van der Waals surface area contributed by atoms with Crippen molar-refractivity contribution in [1.29, 1.82) is 0 Å². The van der Waals surface area contributed by atoms with Gasteiger partial charge in [0.25, 0.3) is 0 Å². The van der Waals surface area contributed by atoms with E-state index in [2.05, 4.69) is 5.32 Å². The lowest BCUT2D eigenvalue weighted by Gasteiger charge is -2.17. The van der Waals surface area contributed by atoms with Crippen molar-refractivity contribution in [2.75, 3.05) is 7.05 Å². The fourth-order valence-electron chi connectivity index (χ4n) is 1.43. The van der Waals surface area contributed by atoms with Gasteiger partial charge in [0, 0.05) is 0 Å². The molecule has 0 heterocycles. The summed E-state index contributed by atoms with van der Waals surface area (Å²) < 4.78 is 0. The number of carboxylic acids is 2. The molecule has 0 amide bonds. The fraction of sp³-hybridized carbons (Fsp3) is 0.800. The Bertz CT molecular complexity index is 243. The Kier molecular flexibility index (Phi) is 6.67. The highest BCUT2D eigenvalue weighted by Crippen LogP contribution is 2.14. The van der Waals surface area contributed by atoms with E-state index >= 15 is 0 Å². The highest BCUT2D eigenvalue weighted by atomic mass is 16.4. The first-order valence-corrected chi connectivity index (χ1v) is 5.19. The van der Waals surface area contributed by atoms with Crippen LogP contribution >= 0.6 is 0 Å². The van der Waals surface area contributed by atoms with Crippen molar-refractivity contribution in [3.8, 4) is 0 Å². The molecule has 3 atom stereocenters. The maximum Gasteiger partial charge on any atom is 0.332 e. The van der Waals surface area contributed by atoms with E-state index in [1.807, 2.05) is 6.92 Å². The van der Waals surface area contributed by atoms with Gasteiger partial charge in [-0.05, 0) is 32.2 Å². The number of rotatable bonds is 8. The highest BCUT2D eigenvalue weighted by Gasteiger charge is 2.20. The molecule has 0 bridgehead atoms. The first-order valence-electron chi connectivity index (χ1n) is 5.19. The van der Waals surface area contributed by atoms with Gasteiger partial charge < -0.3 is 20.6 Å². The first kappa shape index (κ1) is 14.9. The maximum atomic E-state index is 10.7. The second-order valence-electron chi connectivity index (χ2n) is 3.95. The monoisotopic (exact) mass is 233 g/mol. The molecule has 0 aromatic carbocycles. The molecular weight excluding hydrogens is 214 g/mol. The molecule has 0 fully saturated rings. The molecule has 2 unspecified atom stereocenters. The van der Waals surface area contributed by atoms with Gasteiger partial charge in [-0.2, -0.15) is 0 Å². The van der Waals surface area contributed by atoms with E-state index in [-0.39, 0.29) is 12.3 Å². The SMILES string of the molecule is CN[C@H](CC(C)CCC(O)C(=O)O)C(=O)O. The quantitative estimate of drug-likeness (QED) is 0.467. The lowest BCUT2D eigenvalue weighted by Crippen LogP contribution is -2.35. The molecular formula is C10H19NO5. The van der Waals surface area contributed by atoms with Gasteiger partial charge in [0.15, 0.2) is 6.10 Å². The third kappa shape index (κ3) is 5.67. The van der Waals surface area contributed by atoms with Gasteiger partial charge in [0.1, 0.15) is 6.04 Å². The van der Waals surface area contributed by atoms with Crippen molar-refractivity contribution >= 4 is 11.9 Å². The molecule has 94 valence electrons. The standard InChI is InChI=1S/C10H19NO5/c1-6(3-4-8(12)10(15)16)5-7(11-2)9(13)14/h6-8,11-12H,3-5H2,1-2H3,(H,13,14)(H,15,16)/t6?,7-,8?/m1/s1. The minimum atomic E-state index is -1.36. The first-order chi connectivity index (χ1) is 7.38. The molecule has 16 heavy (non-hydrogen) atoms. The Balaban J connectivity index is 3.93. The van der Waals surface area contributed by atoms with Gasteiger partial charge in [-0.3, -0.25) is 4.79 Å². The zero-order valence-electron chi connectivity index (χ0n) is 9.51. The summed E-state index contributed by atoms with van der Waals surface area (Å²) in [4.78, 5) is 21.0. The zero-order chi connectivity index (χ0) is 12.7. The molecule has 0 aliphatic carbocycles. The van der Waals surface area contributed by atoms with Crippen LogP contribution in [0.4, 0.5) is 0 Å². The minimum Gasteiger partial charge on any atom is -0.480 e. The Morgan fingerprint density at radius 1 is 1.19 bits per heavy atom. The summed E-state index contributed by atoms with van der Waals surface area (Å²) in [6.45, 7) is 1.84. The molecule has 6 heteroatoms. The molecule has 4 N–H and O–H groups in total. The molecule has 0 aliphatic rings. The normalized spacial score (nSPS) is 16.4. The topological polar surface area (TPSA) is 107 Å². The van der Waals surface area contributed by atoms with Crippen LogP contribution in [0.3, 0.4) is 0 Å². The number of carboxylic acid groups (broad SMARTS) is 2. The van der Waals surface area contributed by atoms with Crippen LogP contribution in [0.25, 0.3) is 0 Å². The number of carbonyl (C=O) groups is 2. The Morgan fingerprint density at radius 3 is 2.12 bits per heavy atom. The summed E-state index contributed by atoms with van der Waals surface area (Å²) in [5.41, 5.74) is 0. The van der Waals surface area contributed by atoms with E-state index in [1.165, 1.54) is 0 Å². The number of hydrogen-bond acceptors (Lipinski definition) is 4. The van der Waals surface area contributed by atoms with Crippen molar-refractivity contribution in [3.63, 3.8) is 0 Å². The predicted octanol–water partition coefficient (Wildman–Crippen LogP) is -0.0891. The second kappa shape index (κ2) is 7.19. The lowest BCUT2D eigenvalue weighted by molar-refractivity contribution is -0.147. The van der Waals surface area contributed by atoms with Crippen molar-refractivity contribution in [3.05, 3.63) is 0 Å². The number of aliphatic hydroxyl groups excluding tert-OH is 1. The van der Waals surface area contributed by atoms with E-state index < -0.39 is 24.1 Å². The van der Waals surface area contributed by atoms with Crippen molar-refractivity contribution < 1.29 is 24.9 Å². The summed E-state index contributed by atoms with van der Waals surface area (Å²) >= 11 is 0. The Labute approximate surface area is 94.3 Å². The largest absolute Gasteiger partial charge is 0.480 e. The van der Waals surface area contributed by atoms with Crippen LogP contribution in [0.5, 0.6) is 0 Å². The van der Waals surface area contributed by atoms with Crippen LogP contribution in [0.1, 0.15) is 26.2 Å². The molecule has 0 aliphatic heterocycles. The van der Waals surface area contributed by atoms with Crippen molar-refractivity contribution in [2.24, 2.45) is 5.92 Å². The summed E-state index contributed by atoms with van der Waals surface area (Å²) in [5, 5.41) is 28.9. The molecule has 0 saturated carbocycles. The average Bonchev–Trinajstić information content (AvgIpc) is 2.21. The smallest absolute Gasteiger partial charge is 0.332 e. The van der Waals surface area contributed by atoms with Crippen LogP contribution in [-0.2, 0) is 9.59 Å². The zero-order valence-corrected chi connectivity index (χ0v) is 9.51. The van der Waals surface area contributed by atoms with Gasteiger partial charge in [0.2, 0.25) is 0 Å². The third-order valence-corrected chi connectivity index (χ3v) is 2.50. The molecule has 0 saturated heterocycles. The summed E-state index contributed by atoms with van der Waals surface area (Å²) in [7, 11) is 1.57. The van der Waals surface area contributed by atoms with Gasteiger partial charge in [-0.15, -0.1) is 0 Å². The number of aliphatic carboxylic acids is 2. The molecule has 0 spiro atoms. The van der Waals surface area contributed by atoms with Crippen molar-refractivity contribution in [2.45, 2.75) is 38.3 Å². The fourth-order valence-corrected chi connectivity index (χ4v) is 1.43. The molecule has 0 radical (unpaired) electrons. The van der Waals surface area contributed by atoms with Gasteiger partial charge in [-0.1, -0.05) is 6.92 Å². The van der Waals surface area contributed by atoms with E-state index in [0.29, 0.717) is 12.8 Å². The van der Waals surface area contributed by atoms with Crippen LogP contribution in [0, 0.1) is 5.92 Å². The van der Waals surface area contributed by atoms with E-state index in [1.54, 1.807) is 7.05 Å². The second-order valence-corrected chi connectivity index (χ2v) is 3.95. The Morgan fingerprint density at radius 2 is 1.75 bits per heavy atom. The number of hydrogen-bond donors (Lipinski definition) is 4. The predicted molar refractivity (Wildman–Crippen MR) is 57.1 cm³/mol. The maximum absolute atomic E-state index is 10.7. The summed E-state index contributed by atoms with van der Waals surface area (Å²) in [5.74, 6) is -2.12. The van der Waals surface area contributed by atoms with Gasteiger partial charge >= 0.3 is 11.9 Å². The number of nitrogens with one attached hydrogen (secondary N) is 1. The summed E-state index contributed by atoms with van der Waals surface area (Å²) in [6.07, 6.45) is -0.316. The average molecular weight is 233 g/mol. The van der Waals surface area contributed by atoms with E-state index in [9.17, 15) is 9.59 Å². The Hall–Kier alpha value is -1.14. The van der Waals surface area contributed by atoms with Crippen LogP contribution in [-0.4, -0.2) is 46.5 Å². The van der Waals surface area contributed by atoms with Crippen molar-refractivity contribution in [1.82, 2.24) is 5.32 Å². The van der Waals surface area contributed by atoms with E-state index in [0.717, 1.165) is 0 Å². The van der Waals surface area contributed by atoms with Crippen LogP contribution in [0.2, 0.25) is 0 Å². The molecule has 6 nitrogen and oxygen atoms in total. The molecule has 0 aromatic rings. The minimum absolute atomic E-state index is 0.0440. The summed E-state index contributed by atoms with van der Waals surface area (Å²) in [6, 6.07) is -0.628. The molecule has 0 aromatic heterocycles. The van der Waals surface area contributed by atoms with Crippen LogP contribution in [0.15, 0.2) is 0 Å². The lowest BCUT2D eigenvalue weighted by atomic mass is 9.95. The molecule has 0 rings (SSSR count). The number of aliphatic hydroxyl groups is 1. The highest BCUT2D eigenvalue weighted by molar-refractivity contribution is 5.73. The van der Waals surface area contributed by atoms with Gasteiger partial charge in [-0.25, -0.2) is 4.79 Å².